The summed E-state index contributed by atoms with van der Waals surface area (Å²) in [5.74, 6) is -1.17. The van der Waals surface area contributed by atoms with E-state index >= 15 is 0 Å². The van der Waals surface area contributed by atoms with Crippen molar-refractivity contribution in [3.05, 3.63) is 33.9 Å². The number of aromatic carboxylic acids is 1. The molecule has 0 fully saturated rings. The Balaban J connectivity index is 2.99. The number of hydrogen-bond donors (Lipinski definition) is 2. The van der Waals surface area contributed by atoms with Crippen LogP contribution in [-0.4, -0.2) is 22.0 Å². The molecule has 0 spiro atoms. The highest BCUT2D eigenvalue weighted by molar-refractivity contribution is 5.89. The van der Waals surface area contributed by atoms with Gasteiger partial charge in [-0.2, -0.15) is 0 Å². The summed E-state index contributed by atoms with van der Waals surface area (Å²) >= 11 is 0. The van der Waals surface area contributed by atoms with Gasteiger partial charge >= 0.3 is 5.97 Å². The number of nitrogens with one attached hydrogen (secondary N) is 1. The number of nitro groups is 1. The Labute approximate surface area is 124 Å². The zero-order valence-electron chi connectivity index (χ0n) is 12.5. The lowest BCUT2D eigenvalue weighted by atomic mass is 10.0. The third kappa shape index (κ3) is 5.06. The monoisotopic (exact) mass is 294 g/mol. The van der Waals surface area contributed by atoms with Crippen molar-refractivity contribution in [3.8, 4) is 0 Å². The molecule has 1 rings (SSSR count). The van der Waals surface area contributed by atoms with E-state index < -0.39 is 10.9 Å². The van der Waals surface area contributed by atoms with E-state index in [2.05, 4.69) is 19.2 Å². The predicted molar refractivity (Wildman–Crippen MR) is 81.9 cm³/mol. The summed E-state index contributed by atoms with van der Waals surface area (Å²) in [4.78, 5) is 21.5. The van der Waals surface area contributed by atoms with Crippen molar-refractivity contribution >= 4 is 17.3 Å². The Bertz CT molecular complexity index is 502. The normalized spacial score (nSPS) is 11.9. The quantitative estimate of drug-likeness (QED) is 0.529. The van der Waals surface area contributed by atoms with E-state index in [1.165, 1.54) is 12.1 Å². The van der Waals surface area contributed by atoms with Gasteiger partial charge in [0, 0.05) is 12.1 Å². The zero-order valence-corrected chi connectivity index (χ0v) is 12.5. The molecule has 0 amide bonds. The van der Waals surface area contributed by atoms with E-state index in [9.17, 15) is 14.9 Å². The second-order valence-corrected chi connectivity index (χ2v) is 5.07. The fourth-order valence-corrected chi connectivity index (χ4v) is 2.25. The number of anilines is 1. The number of carbonyl (C=O) groups is 1. The van der Waals surface area contributed by atoms with Gasteiger partial charge in [0.2, 0.25) is 0 Å². The van der Waals surface area contributed by atoms with Crippen molar-refractivity contribution in [2.45, 2.75) is 52.0 Å². The average Bonchev–Trinajstić information content (AvgIpc) is 2.44. The molecule has 6 nitrogen and oxygen atoms in total. The summed E-state index contributed by atoms with van der Waals surface area (Å²) in [6.45, 7) is 4.18. The molecule has 1 aromatic carbocycles. The Morgan fingerprint density at radius 1 is 1.33 bits per heavy atom. The van der Waals surface area contributed by atoms with Gasteiger partial charge in [0.15, 0.2) is 0 Å². The van der Waals surface area contributed by atoms with Gasteiger partial charge < -0.3 is 10.4 Å². The molecule has 0 bridgehead atoms. The van der Waals surface area contributed by atoms with E-state index in [0.29, 0.717) is 5.69 Å². The molecule has 0 saturated heterocycles. The lowest BCUT2D eigenvalue weighted by Crippen LogP contribution is -2.20. The fourth-order valence-electron chi connectivity index (χ4n) is 2.25. The molecular weight excluding hydrogens is 272 g/mol. The Hall–Kier alpha value is -2.11. The highest BCUT2D eigenvalue weighted by Crippen LogP contribution is 2.27. The molecule has 0 aromatic heterocycles. The predicted octanol–water partition coefficient (Wildman–Crippen LogP) is 4.06. The van der Waals surface area contributed by atoms with Gasteiger partial charge in [-0.15, -0.1) is 0 Å². The van der Waals surface area contributed by atoms with Crippen molar-refractivity contribution in [1.29, 1.82) is 0 Å². The Kier molecular flexibility index (Phi) is 6.65. The number of carboxylic acid groups (broad SMARTS) is 1. The number of rotatable bonds is 9. The van der Waals surface area contributed by atoms with Crippen molar-refractivity contribution in [3.63, 3.8) is 0 Å². The molecule has 0 aliphatic rings. The molecule has 116 valence electrons. The minimum atomic E-state index is -1.17. The van der Waals surface area contributed by atoms with E-state index in [1.807, 2.05) is 0 Å². The summed E-state index contributed by atoms with van der Waals surface area (Å²) in [6.07, 6.45) is 4.99. The lowest BCUT2D eigenvalue weighted by molar-refractivity contribution is -0.384. The molecule has 0 saturated carbocycles. The fraction of sp³-hybridized carbons (Fsp3) is 0.533. The van der Waals surface area contributed by atoms with Crippen LogP contribution in [0.1, 0.15) is 56.3 Å². The first kappa shape index (κ1) is 16.9. The number of unbranched alkanes of at least 4 members (excludes halogenated alkanes) is 1. The van der Waals surface area contributed by atoms with Gasteiger partial charge in [-0.1, -0.05) is 33.1 Å². The Morgan fingerprint density at radius 3 is 2.57 bits per heavy atom. The second-order valence-electron chi connectivity index (χ2n) is 5.07. The van der Waals surface area contributed by atoms with Gasteiger partial charge in [-0.05, 0) is 25.0 Å². The van der Waals surface area contributed by atoms with Gasteiger partial charge in [-0.3, -0.25) is 10.1 Å². The maximum Gasteiger partial charge on any atom is 0.335 e. The summed E-state index contributed by atoms with van der Waals surface area (Å²) in [6, 6.07) is 4.15. The van der Waals surface area contributed by atoms with E-state index in [1.54, 1.807) is 0 Å². The second kappa shape index (κ2) is 8.24. The van der Waals surface area contributed by atoms with E-state index in [4.69, 9.17) is 5.11 Å². The summed E-state index contributed by atoms with van der Waals surface area (Å²) in [5.41, 5.74) is 0.125. The summed E-state index contributed by atoms with van der Waals surface area (Å²) in [7, 11) is 0. The van der Waals surface area contributed by atoms with Crippen LogP contribution in [0, 0.1) is 10.1 Å². The van der Waals surface area contributed by atoms with Crippen LogP contribution < -0.4 is 5.32 Å². The molecule has 0 aliphatic heterocycles. The van der Waals surface area contributed by atoms with Crippen molar-refractivity contribution < 1.29 is 14.8 Å². The van der Waals surface area contributed by atoms with Crippen molar-refractivity contribution in [1.82, 2.24) is 0 Å². The molecule has 0 radical (unpaired) electrons. The molecule has 2 N–H and O–H groups in total. The first-order valence-electron chi connectivity index (χ1n) is 7.27. The molecule has 6 heteroatoms. The molecule has 21 heavy (non-hydrogen) atoms. The topological polar surface area (TPSA) is 92.5 Å². The van der Waals surface area contributed by atoms with Crippen LogP contribution in [0.4, 0.5) is 11.4 Å². The molecule has 0 heterocycles. The number of nitro benzene ring substituents is 1. The van der Waals surface area contributed by atoms with Crippen LogP contribution in [0.15, 0.2) is 18.2 Å². The SMILES string of the molecule is CCCCC(CCC)Nc1ccc(C(=O)O)cc1[N+](=O)[O-]. The van der Waals surface area contributed by atoms with Gasteiger partial charge in [0.05, 0.1) is 10.5 Å². The third-order valence-corrected chi connectivity index (χ3v) is 3.34. The van der Waals surface area contributed by atoms with Crippen LogP contribution >= 0.6 is 0 Å². The Morgan fingerprint density at radius 2 is 2.05 bits per heavy atom. The molecule has 0 aliphatic carbocycles. The van der Waals surface area contributed by atoms with Crippen LogP contribution in [0.5, 0.6) is 0 Å². The molecule has 1 unspecified atom stereocenters. The number of carboxylic acids is 1. The number of hydrogen-bond acceptors (Lipinski definition) is 4. The minimum Gasteiger partial charge on any atom is -0.478 e. The minimum absolute atomic E-state index is 0.0761. The number of benzene rings is 1. The van der Waals surface area contributed by atoms with Crippen LogP contribution in [0.2, 0.25) is 0 Å². The van der Waals surface area contributed by atoms with E-state index in [0.717, 1.165) is 38.2 Å². The standard InChI is InChI=1S/C15H22N2O4/c1-3-5-7-12(6-4-2)16-13-9-8-11(15(18)19)10-14(13)17(20)21/h8-10,12,16H,3-7H2,1-2H3,(H,18,19). The lowest BCUT2D eigenvalue weighted by Gasteiger charge is -2.19. The van der Waals surface area contributed by atoms with Crippen LogP contribution in [-0.2, 0) is 0 Å². The van der Waals surface area contributed by atoms with Crippen molar-refractivity contribution in [2.75, 3.05) is 5.32 Å². The van der Waals surface area contributed by atoms with Gasteiger partial charge in [0.1, 0.15) is 5.69 Å². The molecule has 1 aromatic rings. The van der Waals surface area contributed by atoms with Gasteiger partial charge in [0.25, 0.3) is 5.69 Å². The third-order valence-electron chi connectivity index (χ3n) is 3.34. The smallest absolute Gasteiger partial charge is 0.335 e. The van der Waals surface area contributed by atoms with Gasteiger partial charge in [-0.25, -0.2) is 4.79 Å². The average molecular weight is 294 g/mol. The van der Waals surface area contributed by atoms with Crippen molar-refractivity contribution in [2.24, 2.45) is 0 Å². The molecule has 1 atom stereocenters. The van der Waals surface area contributed by atoms with Crippen LogP contribution in [0.25, 0.3) is 0 Å². The zero-order chi connectivity index (χ0) is 15.8. The maximum atomic E-state index is 11.1. The first-order valence-corrected chi connectivity index (χ1v) is 7.27. The highest BCUT2D eigenvalue weighted by atomic mass is 16.6. The van der Waals surface area contributed by atoms with Crippen LogP contribution in [0.3, 0.4) is 0 Å². The largest absolute Gasteiger partial charge is 0.478 e. The van der Waals surface area contributed by atoms with E-state index in [-0.39, 0.29) is 17.3 Å². The number of nitrogens with zero attached hydrogens (tertiary/aromatic N) is 1. The first-order chi connectivity index (χ1) is 9.99. The highest BCUT2D eigenvalue weighted by Gasteiger charge is 2.19. The molecular formula is C15H22N2O4. The maximum absolute atomic E-state index is 11.1. The summed E-state index contributed by atoms with van der Waals surface area (Å²) in [5, 5.41) is 23.2. The summed E-state index contributed by atoms with van der Waals surface area (Å²) < 4.78 is 0.